The van der Waals surface area contributed by atoms with Gasteiger partial charge in [0.1, 0.15) is 5.69 Å². The molecule has 0 spiro atoms. The molecule has 124 valence electrons. The van der Waals surface area contributed by atoms with Gasteiger partial charge in [0.25, 0.3) is 0 Å². The Morgan fingerprint density at radius 2 is 2.12 bits per heavy atom. The van der Waals surface area contributed by atoms with Gasteiger partial charge >= 0.3 is 0 Å². The molecule has 0 saturated carbocycles. The van der Waals surface area contributed by atoms with Crippen LogP contribution in [0.4, 0.5) is 0 Å². The molecular formula is C17H20N6S. The molecule has 0 unspecified atom stereocenters. The minimum absolute atomic E-state index is 0.473. The molecule has 0 bridgehead atoms. The van der Waals surface area contributed by atoms with Crippen LogP contribution in [-0.2, 0) is 6.54 Å². The van der Waals surface area contributed by atoms with E-state index in [0.717, 1.165) is 54.7 Å². The molecule has 4 heterocycles. The van der Waals surface area contributed by atoms with Crippen LogP contribution in [-0.4, -0.2) is 42.9 Å². The molecule has 0 atom stereocenters. The highest BCUT2D eigenvalue weighted by Gasteiger charge is 2.23. The number of rotatable bonds is 4. The van der Waals surface area contributed by atoms with Crippen LogP contribution in [0.2, 0.25) is 0 Å². The molecule has 1 fully saturated rings. The Kier molecular flexibility index (Phi) is 4.36. The van der Waals surface area contributed by atoms with Crippen LogP contribution < -0.4 is 0 Å². The van der Waals surface area contributed by atoms with Crippen LogP contribution in [0.15, 0.2) is 30.2 Å². The zero-order valence-electron chi connectivity index (χ0n) is 13.6. The summed E-state index contributed by atoms with van der Waals surface area (Å²) >= 11 is 1.73. The van der Waals surface area contributed by atoms with E-state index in [4.69, 9.17) is 4.98 Å². The summed E-state index contributed by atoms with van der Waals surface area (Å²) in [5.41, 5.74) is 3.08. The standard InChI is InChI=1S/C17H20N6S/c1-12-21-14(11-24-12)10-23-6-2-13(3-7-23)15-8-18-9-16(22-15)17-19-4-5-20-17/h4-5,8-9,11,13H,2-3,6-7,10H2,1H3,(H,19,20). The minimum Gasteiger partial charge on any atom is -0.343 e. The fraction of sp³-hybridized carbons (Fsp3) is 0.412. The molecule has 4 rings (SSSR count). The molecule has 1 saturated heterocycles. The molecule has 1 aliphatic rings. The monoisotopic (exact) mass is 340 g/mol. The number of aryl methyl sites for hydroxylation is 1. The zero-order valence-corrected chi connectivity index (χ0v) is 14.5. The van der Waals surface area contributed by atoms with E-state index in [1.807, 2.05) is 12.4 Å². The smallest absolute Gasteiger partial charge is 0.157 e. The van der Waals surface area contributed by atoms with E-state index in [0.29, 0.717) is 5.92 Å². The Morgan fingerprint density at radius 1 is 1.25 bits per heavy atom. The van der Waals surface area contributed by atoms with Crippen LogP contribution in [0.1, 0.15) is 35.2 Å². The average molecular weight is 340 g/mol. The van der Waals surface area contributed by atoms with E-state index in [-0.39, 0.29) is 0 Å². The molecule has 24 heavy (non-hydrogen) atoms. The van der Waals surface area contributed by atoms with Gasteiger partial charge in [0.2, 0.25) is 0 Å². The maximum Gasteiger partial charge on any atom is 0.157 e. The van der Waals surface area contributed by atoms with E-state index in [2.05, 4.69) is 37.1 Å². The summed E-state index contributed by atoms with van der Waals surface area (Å²) in [5, 5.41) is 3.31. The first-order chi connectivity index (χ1) is 11.8. The number of H-pyrrole nitrogens is 1. The van der Waals surface area contributed by atoms with Crippen molar-refractivity contribution < 1.29 is 0 Å². The highest BCUT2D eigenvalue weighted by Crippen LogP contribution is 2.28. The summed E-state index contributed by atoms with van der Waals surface area (Å²) in [7, 11) is 0. The van der Waals surface area contributed by atoms with Crippen molar-refractivity contribution in [2.75, 3.05) is 13.1 Å². The molecular weight excluding hydrogens is 320 g/mol. The van der Waals surface area contributed by atoms with Crippen LogP contribution in [0, 0.1) is 6.92 Å². The summed E-state index contributed by atoms with van der Waals surface area (Å²) in [5.74, 6) is 1.25. The summed E-state index contributed by atoms with van der Waals surface area (Å²) in [6.07, 6.45) is 9.43. The third kappa shape index (κ3) is 3.37. The Morgan fingerprint density at radius 3 is 2.83 bits per heavy atom. The van der Waals surface area contributed by atoms with Crippen molar-refractivity contribution in [1.82, 2.24) is 29.8 Å². The van der Waals surface area contributed by atoms with Gasteiger partial charge in [-0.3, -0.25) is 9.88 Å². The first-order valence-corrected chi connectivity index (χ1v) is 9.11. The lowest BCUT2D eigenvalue weighted by Gasteiger charge is -2.31. The molecule has 0 aliphatic carbocycles. The third-order valence-corrected chi connectivity index (χ3v) is 5.27. The third-order valence-electron chi connectivity index (χ3n) is 4.45. The summed E-state index contributed by atoms with van der Waals surface area (Å²) in [6.45, 7) is 5.17. The highest BCUT2D eigenvalue weighted by molar-refractivity contribution is 7.09. The number of imidazole rings is 1. The Labute approximate surface area is 145 Å². The molecule has 3 aromatic rings. The van der Waals surface area contributed by atoms with Gasteiger partial charge in [-0.05, 0) is 32.9 Å². The Balaban J connectivity index is 1.40. The number of aromatic amines is 1. The van der Waals surface area contributed by atoms with Crippen molar-refractivity contribution in [3.05, 3.63) is 46.6 Å². The number of piperidine rings is 1. The Hall–Kier alpha value is -2.12. The van der Waals surface area contributed by atoms with E-state index in [1.54, 1.807) is 23.7 Å². The van der Waals surface area contributed by atoms with Gasteiger partial charge in [-0.2, -0.15) is 0 Å². The number of aromatic nitrogens is 5. The van der Waals surface area contributed by atoms with E-state index < -0.39 is 0 Å². The van der Waals surface area contributed by atoms with Crippen molar-refractivity contribution in [2.45, 2.75) is 32.2 Å². The predicted octanol–water partition coefficient (Wildman–Crippen LogP) is 3.01. The molecule has 0 radical (unpaired) electrons. The first kappa shape index (κ1) is 15.4. The topological polar surface area (TPSA) is 70.6 Å². The van der Waals surface area contributed by atoms with E-state index >= 15 is 0 Å². The van der Waals surface area contributed by atoms with E-state index in [1.165, 1.54) is 5.69 Å². The minimum atomic E-state index is 0.473. The fourth-order valence-electron chi connectivity index (χ4n) is 3.19. The van der Waals surface area contributed by atoms with Gasteiger partial charge in [0, 0.05) is 36.4 Å². The van der Waals surface area contributed by atoms with Crippen molar-refractivity contribution >= 4 is 11.3 Å². The second kappa shape index (κ2) is 6.78. The van der Waals surface area contributed by atoms with Crippen molar-refractivity contribution in [1.29, 1.82) is 0 Å². The fourth-order valence-corrected chi connectivity index (χ4v) is 3.80. The average Bonchev–Trinajstić information content (AvgIpc) is 3.28. The Bertz CT molecular complexity index is 789. The zero-order chi connectivity index (χ0) is 16.4. The predicted molar refractivity (Wildman–Crippen MR) is 93.7 cm³/mol. The van der Waals surface area contributed by atoms with E-state index in [9.17, 15) is 0 Å². The van der Waals surface area contributed by atoms with Crippen molar-refractivity contribution in [2.24, 2.45) is 0 Å². The summed E-state index contributed by atoms with van der Waals surface area (Å²) < 4.78 is 0. The molecule has 7 heteroatoms. The summed E-state index contributed by atoms with van der Waals surface area (Å²) in [6, 6.07) is 0. The van der Waals surface area contributed by atoms with Crippen LogP contribution in [0.3, 0.4) is 0 Å². The number of hydrogen-bond acceptors (Lipinski definition) is 6. The number of nitrogens with one attached hydrogen (secondary N) is 1. The molecule has 1 N–H and O–H groups in total. The lowest BCUT2D eigenvalue weighted by molar-refractivity contribution is 0.201. The summed E-state index contributed by atoms with van der Waals surface area (Å²) in [4.78, 5) is 23.5. The molecule has 3 aromatic heterocycles. The second-order valence-corrected chi connectivity index (χ2v) is 7.24. The number of nitrogens with zero attached hydrogens (tertiary/aromatic N) is 5. The van der Waals surface area contributed by atoms with Gasteiger partial charge in [-0.15, -0.1) is 11.3 Å². The van der Waals surface area contributed by atoms with Gasteiger partial charge in [0.15, 0.2) is 5.82 Å². The maximum atomic E-state index is 4.77. The normalized spacial score (nSPS) is 16.5. The lowest BCUT2D eigenvalue weighted by Crippen LogP contribution is -2.32. The quantitative estimate of drug-likeness (QED) is 0.790. The molecule has 1 aliphatic heterocycles. The van der Waals surface area contributed by atoms with Crippen LogP contribution in [0.25, 0.3) is 11.5 Å². The maximum absolute atomic E-state index is 4.77. The van der Waals surface area contributed by atoms with Gasteiger partial charge in [-0.25, -0.2) is 15.0 Å². The van der Waals surface area contributed by atoms with Crippen molar-refractivity contribution in [3.8, 4) is 11.5 Å². The molecule has 0 amide bonds. The number of likely N-dealkylation sites (tertiary alicyclic amines) is 1. The molecule has 0 aromatic carbocycles. The lowest BCUT2D eigenvalue weighted by atomic mass is 9.93. The van der Waals surface area contributed by atoms with Crippen molar-refractivity contribution in [3.63, 3.8) is 0 Å². The van der Waals surface area contributed by atoms with Gasteiger partial charge in [0.05, 0.1) is 22.6 Å². The molecule has 6 nitrogen and oxygen atoms in total. The first-order valence-electron chi connectivity index (χ1n) is 8.23. The second-order valence-electron chi connectivity index (χ2n) is 6.18. The number of hydrogen-bond donors (Lipinski definition) is 1. The largest absolute Gasteiger partial charge is 0.343 e. The van der Waals surface area contributed by atoms with Crippen LogP contribution in [0.5, 0.6) is 0 Å². The van der Waals surface area contributed by atoms with Gasteiger partial charge in [-0.1, -0.05) is 0 Å². The number of thiazole rings is 1. The highest BCUT2D eigenvalue weighted by atomic mass is 32.1. The van der Waals surface area contributed by atoms with Gasteiger partial charge < -0.3 is 4.98 Å². The SMILES string of the molecule is Cc1nc(CN2CCC(c3cncc(-c4ncc[nH]4)n3)CC2)cs1. The van der Waals surface area contributed by atoms with Crippen LogP contribution >= 0.6 is 11.3 Å².